The monoisotopic (exact) mass is 330 g/mol. The summed E-state index contributed by atoms with van der Waals surface area (Å²) in [5.41, 5.74) is 1.79. The smallest absolute Gasteiger partial charge is 0.237 e. The summed E-state index contributed by atoms with van der Waals surface area (Å²) in [6.07, 6.45) is 0. The van der Waals surface area contributed by atoms with Crippen LogP contribution in [-0.4, -0.2) is 26.3 Å². The molecule has 112 valence electrons. The summed E-state index contributed by atoms with van der Waals surface area (Å²) in [6, 6.07) is 11.4. The van der Waals surface area contributed by atoms with Crippen molar-refractivity contribution in [1.29, 1.82) is 0 Å². The number of carbonyl (C=O) groups is 1. The van der Waals surface area contributed by atoms with E-state index < -0.39 is 0 Å². The van der Waals surface area contributed by atoms with E-state index in [1.165, 1.54) is 11.8 Å². The number of hydrogen-bond donors (Lipinski definition) is 2. The molecule has 2 aromatic heterocycles. The molecule has 1 aromatic carbocycles. The van der Waals surface area contributed by atoms with Crippen LogP contribution in [0.3, 0.4) is 0 Å². The van der Waals surface area contributed by atoms with E-state index in [1.807, 2.05) is 54.1 Å². The molecule has 0 saturated carbocycles. The molecule has 7 heteroatoms. The zero-order valence-corrected chi connectivity index (χ0v) is 13.4. The third-order valence-corrected chi connectivity index (χ3v) is 4.62. The van der Waals surface area contributed by atoms with Gasteiger partial charge in [-0.25, -0.2) is 0 Å². The van der Waals surface area contributed by atoms with Crippen molar-refractivity contribution < 1.29 is 4.79 Å². The fraction of sp³-hybridized carbons (Fsp3) is 0.133. The SMILES string of the molecule is CC(Sc1nnc(-c2ccsc2)[nH]1)C(=O)Nc1ccccc1. The molecule has 0 aliphatic heterocycles. The molecule has 0 spiro atoms. The molecule has 1 atom stereocenters. The summed E-state index contributed by atoms with van der Waals surface area (Å²) in [4.78, 5) is 15.3. The van der Waals surface area contributed by atoms with Crippen molar-refractivity contribution in [1.82, 2.24) is 15.2 Å². The normalized spacial score (nSPS) is 12.0. The quantitative estimate of drug-likeness (QED) is 0.701. The van der Waals surface area contributed by atoms with Gasteiger partial charge in [-0.15, -0.1) is 10.2 Å². The van der Waals surface area contributed by atoms with Gasteiger partial charge < -0.3 is 10.3 Å². The first-order valence-electron chi connectivity index (χ1n) is 6.70. The van der Waals surface area contributed by atoms with Crippen LogP contribution < -0.4 is 5.32 Å². The minimum Gasteiger partial charge on any atom is -0.325 e. The molecule has 2 heterocycles. The van der Waals surface area contributed by atoms with Gasteiger partial charge in [-0.1, -0.05) is 30.0 Å². The van der Waals surface area contributed by atoms with Gasteiger partial charge in [0.1, 0.15) is 0 Å². The second-order valence-corrected chi connectivity index (χ2v) is 6.72. The number of aromatic nitrogens is 3. The first-order valence-corrected chi connectivity index (χ1v) is 8.52. The first kappa shape index (κ1) is 14.8. The summed E-state index contributed by atoms with van der Waals surface area (Å²) in [5.74, 6) is 0.657. The third-order valence-electron chi connectivity index (χ3n) is 2.96. The van der Waals surface area contributed by atoms with E-state index in [9.17, 15) is 4.79 Å². The lowest BCUT2D eigenvalue weighted by molar-refractivity contribution is -0.115. The Bertz CT molecular complexity index is 740. The largest absolute Gasteiger partial charge is 0.325 e. The lowest BCUT2D eigenvalue weighted by Crippen LogP contribution is -2.22. The molecule has 22 heavy (non-hydrogen) atoms. The summed E-state index contributed by atoms with van der Waals surface area (Å²) in [5, 5.41) is 15.4. The number of amides is 1. The minimum absolute atomic E-state index is 0.0651. The highest BCUT2D eigenvalue weighted by Crippen LogP contribution is 2.24. The van der Waals surface area contributed by atoms with Gasteiger partial charge in [-0.05, 0) is 30.5 Å². The van der Waals surface area contributed by atoms with Gasteiger partial charge >= 0.3 is 0 Å². The standard InChI is InChI=1S/C15H14N4OS2/c1-10(14(20)16-12-5-3-2-4-6-12)22-15-17-13(18-19-15)11-7-8-21-9-11/h2-10H,1H3,(H,16,20)(H,17,18,19). The second-order valence-electron chi connectivity index (χ2n) is 4.61. The van der Waals surface area contributed by atoms with Crippen molar-refractivity contribution in [3.63, 3.8) is 0 Å². The molecule has 1 amide bonds. The Balaban J connectivity index is 1.62. The Labute approximate surface area is 136 Å². The number of anilines is 1. The summed E-state index contributed by atoms with van der Waals surface area (Å²) >= 11 is 2.96. The highest BCUT2D eigenvalue weighted by molar-refractivity contribution is 8.00. The van der Waals surface area contributed by atoms with Crippen molar-refractivity contribution in [2.24, 2.45) is 0 Å². The Hall–Kier alpha value is -2.12. The van der Waals surface area contributed by atoms with Gasteiger partial charge in [0.2, 0.25) is 5.91 Å². The minimum atomic E-state index is -0.275. The highest BCUT2D eigenvalue weighted by Gasteiger charge is 2.17. The number of rotatable bonds is 5. The predicted octanol–water partition coefficient (Wildman–Crippen LogP) is 3.65. The van der Waals surface area contributed by atoms with Crippen LogP contribution in [0.2, 0.25) is 0 Å². The number of thiophene rings is 1. The number of thioether (sulfide) groups is 1. The van der Waals surface area contributed by atoms with Gasteiger partial charge in [0.25, 0.3) is 0 Å². The van der Waals surface area contributed by atoms with E-state index >= 15 is 0 Å². The molecule has 3 rings (SSSR count). The van der Waals surface area contributed by atoms with Crippen molar-refractivity contribution >= 4 is 34.7 Å². The molecule has 3 aromatic rings. The topological polar surface area (TPSA) is 70.7 Å². The van der Waals surface area contributed by atoms with E-state index in [4.69, 9.17) is 0 Å². The fourth-order valence-corrected chi connectivity index (χ4v) is 3.20. The Morgan fingerprint density at radius 1 is 1.27 bits per heavy atom. The zero-order valence-electron chi connectivity index (χ0n) is 11.8. The molecule has 5 nitrogen and oxygen atoms in total. The van der Waals surface area contributed by atoms with Gasteiger partial charge in [-0.3, -0.25) is 4.79 Å². The molecule has 1 unspecified atom stereocenters. The van der Waals surface area contributed by atoms with Crippen molar-refractivity contribution in [3.8, 4) is 11.4 Å². The average Bonchev–Trinajstić information content (AvgIpc) is 3.19. The summed E-state index contributed by atoms with van der Waals surface area (Å²) in [6.45, 7) is 1.84. The van der Waals surface area contributed by atoms with E-state index in [0.29, 0.717) is 5.16 Å². The predicted molar refractivity (Wildman–Crippen MR) is 90.1 cm³/mol. The van der Waals surface area contributed by atoms with Crippen LogP contribution in [0.1, 0.15) is 6.92 Å². The molecule has 0 fully saturated rings. The molecule has 0 aliphatic carbocycles. The van der Waals surface area contributed by atoms with Crippen LogP contribution in [0.15, 0.2) is 52.3 Å². The number of H-pyrrole nitrogens is 1. The third kappa shape index (κ3) is 3.55. The van der Waals surface area contributed by atoms with Crippen molar-refractivity contribution in [2.45, 2.75) is 17.3 Å². The maximum absolute atomic E-state index is 12.2. The lowest BCUT2D eigenvalue weighted by atomic mass is 10.3. The molecule has 0 saturated heterocycles. The van der Waals surface area contributed by atoms with E-state index in [2.05, 4.69) is 20.5 Å². The maximum atomic E-state index is 12.2. The zero-order chi connectivity index (χ0) is 15.4. The van der Waals surface area contributed by atoms with Gasteiger partial charge in [0.15, 0.2) is 11.0 Å². The maximum Gasteiger partial charge on any atom is 0.237 e. The summed E-state index contributed by atoms with van der Waals surface area (Å²) < 4.78 is 0. The Kier molecular flexibility index (Phi) is 4.55. The van der Waals surface area contributed by atoms with Crippen LogP contribution in [0.5, 0.6) is 0 Å². The van der Waals surface area contributed by atoms with Gasteiger partial charge in [0.05, 0.1) is 5.25 Å². The molecule has 0 aliphatic rings. The number of para-hydroxylation sites is 1. The number of nitrogens with one attached hydrogen (secondary N) is 2. The lowest BCUT2D eigenvalue weighted by Gasteiger charge is -2.10. The van der Waals surface area contributed by atoms with E-state index in [-0.39, 0.29) is 11.2 Å². The van der Waals surface area contributed by atoms with Crippen molar-refractivity contribution in [3.05, 3.63) is 47.2 Å². The van der Waals surface area contributed by atoms with Crippen molar-refractivity contribution in [2.75, 3.05) is 5.32 Å². The number of carbonyl (C=O) groups excluding carboxylic acids is 1. The summed E-state index contributed by atoms with van der Waals surface area (Å²) in [7, 11) is 0. The average molecular weight is 330 g/mol. The Morgan fingerprint density at radius 3 is 2.82 bits per heavy atom. The second kappa shape index (κ2) is 6.76. The van der Waals surface area contributed by atoms with Crippen LogP contribution in [0.25, 0.3) is 11.4 Å². The Morgan fingerprint density at radius 2 is 2.09 bits per heavy atom. The van der Waals surface area contributed by atoms with E-state index in [0.717, 1.165) is 17.1 Å². The first-order chi connectivity index (χ1) is 10.7. The number of hydrogen-bond acceptors (Lipinski definition) is 5. The van der Waals surface area contributed by atoms with Gasteiger partial charge in [0, 0.05) is 16.6 Å². The number of aromatic amines is 1. The molecular weight excluding hydrogens is 316 g/mol. The molecular formula is C15H14N4OS2. The van der Waals surface area contributed by atoms with Crippen LogP contribution >= 0.6 is 23.1 Å². The van der Waals surface area contributed by atoms with Crippen LogP contribution in [0, 0.1) is 0 Å². The van der Waals surface area contributed by atoms with Gasteiger partial charge in [-0.2, -0.15) is 11.3 Å². The van der Waals surface area contributed by atoms with Crippen LogP contribution in [-0.2, 0) is 4.79 Å². The van der Waals surface area contributed by atoms with E-state index in [1.54, 1.807) is 11.3 Å². The molecule has 0 radical (unpaired) electrons. The number of nitrogens with zero attached hydrogens (tertiary/aromatic N) is 2. The van der Waals surface area contributed by atoms with Crippen LogP contribution in [0.4, 0.5) is 5.69 Å². The molecule has 0 bridgehead atoms. The fourth-order valence-electron chi connectivity index (χ4n) is 1.82. The number of benzene rings is 1. The highest BCUT2D eigenvalue weighted by atomic mass is 32.2. The molecule has 2 N–H and O–H groups in total.